The van der Waals surface area contributed by atoms with E-state index in [-0.39, 0.29) is 6.61 Å². The number of rotatable bonds is 4. The van der Waals surface area contributed by atoms with Gasteiger partial charge in [-0.25, -0.2) is 0 Å². The Kier molecular flexibility index (Phi) is 4.77. The number of aliphatic hydroxyl groups is 2. The van der Waals surface area contributed by atoms with Crippen molar-refractivity contribution in [3.05, 3.63) is 0 Å². The van der Waals surface area contributed by atoms with E-state index in [0.29, 0.717) is 13.2 Å². The molecule has 0 aromatic carbocycles. The summed E-state index contributed by atoms with van der Waals surface area (Å²) in [5, 5.41) is 19.1. The van der Waals surface area contributed by atoms with Crippen molar-refractivity contribution >= 4 is 0 Å². The third-order valence-electron chi connectivity index (χ3n) is 2.14. The topological polar surface area (TPSA) is 68.2 Å². The second kappa shape index (κ2) is 5.63. The minimum atomic E-state index is -1.02. The van der Waals surface area contributed by atoms with E-state index in [1.807, 2.05) is 13.8 Å². The lowest BCUT2D eigenvalue weighted by atomic mass is 10.1. The van der Waals surface area contributed by atoms with Gasteiger partial charge in [0.05, 0.1) is 6.61 Å². The Hall–Kier alpha value is -0.200. The Labute approximate surface area is 83.6 Å². The van der Waals surface area contributed by atoms with Crippen LogP contribution < -0.4 is 0 Å². The predicted molar refractivity (Wildman–Crippen MR) is 48.8 cm³/mol. The molecule has 0 saturated carbocycles. The van der Waals surface area contributed by atoms with Crippen molar-refractivity contribution in [1.29, 1.82) is 0 Å². The molecule has 0 spiro atoms. The summed E-state index contributed by atoms with van der Waals surface area (Å²) in [6, 6.07) is 0. The van der Waals surface area contributed by atoms with Crippen molar-refractivity contribution in [3.63, 3.8) is 0 Å². The quantitative estimate of drug-likeness (QED) is 0.649. The summed E-state index contributed by atoms with van der Waals surface area (Å²) in [7, 11) is 0. The Morgan fingerprint density at radius 1 is 1.14 bits per heavy atom. The fourth-order valence-electron chi connectivity index (χ4n) is 1.54. The molecule has 1 aliphatic rings. The fourth-order valence-corrected chi connectivity index (χ4v) is 1.54. The predicted octanol–water partition coefficient (Wildman–Crippen LogP) is -0.494. The van der Waals surface area contributed by atoms with Crippen LogP contribution in [0.1, 0.15) is 13.8 Å². The van der Waals surface area contributed by atoms with E-state index in [1.54, 1.807) is 0 Å². The van der Waals surface area contributed by atoms with E-state index in [1.165, 1.54) is 0 Å². The van der Waals surface area contributed by atoms with Gasteiger partial charge < -0.3 is 24.4 Å². The zero-order chi connectivity index (χ0) is 10.6. The highest BCUT2D eigenvalue weighted by Crippen LogP contribution is 2.19. The summed E-state index contributed by atoms with van der Waals surface area (Å²) >= 11 is 0. The van der Waals surface area contributed by atoms with Crippen LogP contribution in [-0.4, -0.2) is 54.6 Å². The smallest absolute Gasteiger partial charge is 0.183 e. The lowest BCUT2D eigenvalue weighted by molar-refractivity contribution is -0.272. The highest BCUT2D eigenvalue weighted by molar-refractivity contribution is 4.84. The van der Waals surface area contributed by atoms with Crippen LogP contribution in [0.5, 0.6) is 0 Å². The van der Waals surface area contributed by atoms with Gasteiger partial charge in [-0.3, -0.25) is 0 Å². The molecular formula is C9H18O5. The van der Waals surface area contributed by atoms with Crippen LogP contribution in [0.15, 0.2) is 0 Å². The molecule has 0 aliphatic carbocycles. The standard InChI is InChI=1S/C9H18O5/c1-3-12-7-6(10)5-14-9(11)8(7)13-4-2/h6-11H,3-5H2,1-2H3. The van der Waals surface area contributed by atoms with E-state index < -0.39 is 24.6 Å². The maximum absolute atomic E-state index is 9.57. The van der Waals surface area contributed by atoms with Crippen molar-refractivity contribution in [2.45, 2.75) is 38.4 Å². The molecule has 1 aliphatic heterocycles. The molecule has 1 saturated heterocycles. The lowest BCUT2D eigenvalue weighted by Gasteiger charge is -2.37. The third kappa shape index (κ3) is 2.65. The molecule has 1 heterocycles. The zero-order valence-electron chi connectivity index (χ0n) is 8.55. The van der Waals surface area contributed by atoms with Crippen molar-refractivity contribution in [3.8, 4) is 0 Å². The molecule has 4 unspecified atom stereocenters. The highest BCUT2D eigenvalue weighted by Gasteiger charge is 2.40. The summed E-state index contributed by atoms with van der Waals surface area (Å²) in [6.45, 7) is 4.64. The first-order chi connectivity index (χ1) is 6.70. The van der Waals surface area contributed by atoms with Gasteiger partial charge in [-0.2, -0.15) is 0 Å². The molecular weight excluding hydrogens is 188 g/mol. The van der Waals surface area contributed by atoms with Crippen LogP contribution in [0, 0.1) is 0 Å². The Bertz CT molecular complexity index is 145. The summed E-state index contributed by atoms with van der Waals surface area (Å²) < 4.78 is 15.5. The molecule has 4 atom stereocenters. The number of aliphatic hydroxyl groups excluding tert-OH is 2. The van der Waals surface area contributed by atoms with Crippen LogP contribution in [0.3, 0.4) is 0 Å². The zero-order valence-corrected chi connectivity index (χ0v) is 8.55. The number of hydrogen-bond acceptors (Lipinski definition) is 5. The van der Waals surface area contributed by atoms with Crippen LogP contribution >= 0.6 is 0 Å². The third-order valence-corrected chi connectivity index (χ3v) is 2.14. The molecule has 5 heteroatoms. The van der Waals surface area contributed by atoms with Crippen LogP contribution in [-0.2, 0) is 14.2 Å². The Morgan fingerprint density at radius 3 is 2.29 bits per heavy atom. The average Bonchev–Trinajstić information content (AvgIpc) is 2.17. The molecule has 0 aromatic heterocycles. The van der Waals surface area contributed by atoms with E-state index >= 15 is 0 Å². The number of ether oxygens (including phenoxy) is 3. The van der Waals surface area contributed by atoms with Gasteiger partial charge in [0.2, 0.25) is 0 Å². The van der Waals surface area contributed by atoms with Crippen molar-refractivity contribution in [1.82, 2.24) is 0 Å². The summed E-state index contributed by atoms with van der Waals surface area (Å²) in [5.74, 6) is 0. The largest absolute Gasteiger partial charge is 0.388 e. The first kappa shape index (κ1) is 11.9. The van der Waals surface area contributed by atoms with Gasteiger partial charge >= 0.3 is 0 Å². The molecule has 2 N–H and O–H groups in total. The normalized spacial score (nSPS) is 38.6. The van der Waals surface area contributed by atoms with Crippen molar-refractivity contribution in [2.24, 2.45) is 0 Å². The maximum Gasteiger partial charge on any atom is 0.183 e. The van der Waals surface area contributed by atoms with Crippen LogP contribution in [0.4, 0.5) is 0 Å². The number of hydrogen-bond donors (Lipinski definition) is 2. The average molecular weight is 206 g/mol. The lowest BCUT2D eigenvalue weighted by Crippen LogP contribution is -2.55. The van der Waals surface area contributed by atoms with Crippen LogP contribution in [0.25, 0.3) is 0 Å². The second-order valence-corrected chi connectivity index (χ2v) is 3.13. The Morgan fingerprint density at radius 2 is 1.71 bits per heavy atom. The summed E-state index contributed by atoms with van der Waals surface area (Å²) in [6.07, 6.45) is -2.88. The summed E-state index contributed by atoms with van der Waals surface area (Å²) in [4.78, 5) is 0. The molecule has 0 amide bonds. The summed E-state index contributed by atoms with van der Waals surface area (Å²) in [5.41, 5.74) is 0. The van der Waals surface area contributed by atoms with Gasteiger partial charge in [-0.15, -0.1) is 0 Å². The maximum atomic E-state index is 9.57. The van der Waals surface area contributed by atoms with Crippen LogP contribution in [0.2, 0.25) is 0 Å². The van der Waals surface area contributed by atoms with E-state index in [9.17, 15) is 10.2 Å². The minimum Gasteiger partial charge on any atom is -0.388 e. The monoisotopic (exact) mass is 206 g/mol. The van der Waals surface area contributed by atoms with E-state index in [2.05, 4.69) is 0 Å². The molecule has 0 aromatic rings. The highest BCUT2D eigenvalue weighted by atomic mass is 16.7. The van der Waals surface area contributed by atoms with Crippen molar-refractivity contribution in [2.75, 3.05) is 19.8 Å². The van der Waals surface area contributed by atoms with E-state index in [4.69, 9.17) is 14.2 Å². The molecule has 84 valence electrons. The second-order valence-electron chi connectivity index (χ2n) is 3.13. The van der Waals surface area contributed by atoms with Gasteiger partial charge in [-0.05, 0) is 13.8 Å². The molecule has 14 heavy (non-hydrogen) atoms. The minimum absolute atomic E-state index is 0.0788. The van der Waals surface area contributed by atoms with Gasteiger partial charge in [-0.1, -0.05) is 0 Å². The first-order valence-electron chi connectivity index (χ1n) is 4.91. The van der Waals surface area contributed by atoms with Gasteiger partial charge in [0.25, 0.3) is 0 Å². The Balaban J connectivity index is 2.60. The van der Waals surface area contributed by atoms with E-state index in [0.717, 1.165) is 0 Å². The fraction of sp³-hybridized carbons (Fsp3) is 1.00. The SMILES string of the molecule is CCOC1C(O)COC(O)C1OCC. The van der Waals surface area contributed by atoms with Gasteiger partial charge in [0.1, 0.15) is 18.3 Å². The first-order valence-corrected chi connectivity index (χ1v) is 4.91. The molecule has 0 bridgehead atoms. The molecule has 0 radical (unpaired) electrons. The molecule has 5 nitrogen and oxygen atoms in total. The van der Waals surface area contributed by atoms with Crippen molar-refractivity contribution < 1.29 is 24.4 Å². The van der Waals surface area contributed by atoms with Gasteiger partial charge in [0, 0.05) is 13.2 Å². The molecule has 1 rings (SSSR count). The molecule has 1 fully saturated rings. The van der Waals surface area contributed by atoms with Gasteiger partial charge in [0.15, 0.2) is 6.29 Å².